The molecule has 136 valence electrons. The molecule has 1 fully saturated rings. The van der Waals surface area contributed by atoms with Gasteiger partial charge in [0, 0.05) is 44.8 Å². The summed E-state index contributed by atoms with van der Waals surface area (Å²) < 4.78 is 13.3. The van der Waals surface area contributed by atoms with Gasteiger partial charge in [0.15, 0.2) is 0 Å². The van der Waals surface area contributed by atoms with E-state index in [0.717, 1.165) is 39.1 Å². The molecule has 3 rings (SSSR count). The van der Waals surface area contributed by atoms with E-state index in [4.69, 9.17) is 0 Å². The van der Waals surface area contributed by atoms with E-state index in [0.29, 0.717) is 17.8 Å². The molecule has 6 nitrogen and oxygen atoms in total. The normalized spacial score (nSPS) is 21.5. The van der Waals surface area contributed by atoms with E-state index >= 15 is 0 Å². The number of anilines is 1. The number of amides is 2. The van der Waals surface area contributed by atoms with Crippen LogP contribution in [0.3, 0.4) is 0 Å². The van der Waals surface area contributed by atoms with Crippen molar-refractivity contribution in [3.63, 3.8) is 0 Å². The number of nitrogens with one attached hydrogen (secondary N) is 2. The highest BCUT2D eigenvalue weighted by Gasteiger charge is 2.30. The monoisotopic (exact) mass is 348 g/mol. The predicted octanol–water partition coefficient (Wildman–Crippen LogP) is 1.01. The zero-order valence-corrected chi connectivity index (χ0v) is 14.6. The summed E-state index contributed by atoms with van der Waals surface area (Å²) in [6.07, 6.45) is 0.980. The Morgan fingerprint density at radius 1 is 1.32 bits per heavy atom. The van der Waals surface area contributed by atoms with Crippen LogP contribution in [0.25, 0.3) is 0 Å². The number of hydrogen-bond donors (Lipinski definition) is 2. The van der Waals surface area contributed by atoms with Crippen LogP contribution in [0.1, 0.15) is 24.3 Å². The highest BCUT2D eigenvalue weighted by atomic mass is 19.1. The standard InChI is InChI=1S/C18H25FN4O2/c1-22-7-9-23(10-8-22)6-2-5-20-18(25)15-12-17(24)21-16-11-13(19)3-4-14(15)16/h3-4,11,15H,2,5-10,12H2,1H3,(H,20,25)(H,21,24)/t15-/m1/s1. The average Bonchev–Trinajstić information content (AvgIpc) is 2.59. The van der Waals surface area contributed by atoms with E-state index in [1.807, 2.05) is 0 Å². The van der Waals surface area contributed by atoms with Crippen LogP contribution in [0, 0.1) is 5.82 Å². The number of fused-ring (bicyclic) bond motifs is 1. The van der Waals surface area contributed by atoms with Gasteiger partial charge in [-0.05, 0) is 37.7 Å². The zero-order valence-electron chi connectivity index (χ0n) is 14.6. The molecule has 2 aliphatic heterocycles. The molecular formula is C18H25FN4O2. The van der Waals surface area contributed by atoms with Crippen molar-refractivity contribution in [3.8, 4) is 0 Å². The van der Waals surface area contributed by atoms with Crippen molar-refractivity contribution in [1.82, 2.24) is 15.1 Å². The first-order valence-electron chi connectivity index (χ1n) is 8.81. The van der Waals surface area contributed by atoms with Gasteiger partial charge < -0.3 is 20.4 Å². The van der Waals surface area contributed by atoms with Crippen LogP contribution in [-0.2, 0) is 9.59 Å². The Morgan fingerprint density at radius 3 is 2.84 bits per heavy atom. The first-order chi connectivity index (χ1) is 12.0. The van der Waals surface area contributed by atoms with Crippen molar-refractivity contribution in [2.45, 2.75) is 18.8 Å². The largest absolute Gasteiger partial charge is 0.356 e. The first kappa shape index (κ1) is 17.8. The SMILES string of the molecule is CN1CCN(CCCNC(=O)[C@@H]2CC(=O)Nc3cc(F)ccc32)CC1. The van der Waals surface area contributed by atoms with Crippen molar-refractivity contribution in [2.75, 3.05) is 51.6 Å². The van der Waals surface area contributed by atoms with Gasteiger partial charge in [-0.3, -0.25) is 9.59 Å². The van der Waals surface area contributed by atoms with Crippen LogP contribution in [0.15, 0.2) is 18.2 Å². The maximum absolute atomic E-state index is 13.3. The number of carbonyl (C=O) groups is 2. The minimum Gasteiger partial charge on any atom is -0.356 e. The zero-order chi connectivity index (χ0) is 17.8. The Bertz CT molecular complexity index is 644. The molecule has 1 saturated heterocycles. The number of hydrogen-bond acceptors (Lipinski definition) is 4. The molecule has 2 aliphatic rings. The summed E-state index contributed by atoms with van der Waals surface area (Å²) in [5.41, 5.74) is 1.08. The lowest BCUT2D eigenvalue weighted by molar-refractivity contribution is -0.126. The number of rotatable bonds is 5. The fourth-order valence-corrected chi connectivity index (χ4v) is 3.38. The third kappa shape index (κ3) is 4.55. The number of carbonyl (C=O) groups excluding carboxylic acids is 2. The second-order valence-corrected chi connectivity index (χ2v) is 6.83. The van der Waals surface area contributed by atoms with E-state index in [2.05, 4.69) is 27.5 Å². The molecule has 2 N–H and O–H groups in total. The van der Waals surface area contributed by atoms with E-state index < -0.39 is 11.7 Å². The average molecular weight is 348 g/mol. The van der Waals surface area contributed by atoms with Gasteiger partial charge in [-0.2, -0.15) is 0 Å². The van der Waals surface area contributed by atoms with E-state index in [1.165, 1.54) is 12.1 Å². The quantitative estimate of drug-likeness (QED) is 0.780. The fraction of sp³-hybridized carbons (Fsp3) is 0.556. The van der Waals surface area contributed by atoms with Gasteiger partial charge in [0.2, 0.25) is 11.8 Å². The highest BCUT2D eigenvalue weighted by molar-refractivity contribution is 6.01. The van der Waals surface area contributed by atoms with Gasteiger partial charge in [0.1, 0.15) is 5.82 Å². The fourth-order valence-electron chi connectivity index (χ4n) is 3.38. The van der Waals surface area contributed by atoms with Crippen molar-refractivity contribution < 1.29 is 14.0 Å². The van der Waals surface area contributed by atoms with Crippen molar-refractivity contribution >= 4 is 17.5 Å². The number of benzene rings is 1. The summed E-state index contributed by atoms with van der Waals surface area (Å²) in [6.45, 7) is 5.83. The van der Waals surface area contributed by atoms with E-state index in [-0.39, 0.29) is 18.2 Å². The lowest BCUT2D eigenvalue weighted by atomic mass is 9.89. The van der Waals surface area contributed by atoms with Gasteiger partial charge >= 0.3 is 0 Å². The van der Waals surface area contributed by atoms with Crippen LogP contribution < -0.4 is 10.6 Å². The summed E-state index contributed by atoms with van der Waals surface area (Å²) in [7, 11) is 2.13. The molecule has 25 heavy (non-hydrogen) atoms. The van der Waals surface area contributed by atoms with E-state index in [9.17, 15) is 14.0 Å². The summed E-state index contributed by atoms with van der Waals surface area (Å²) >= 11 is 0. The molecule has 0 bridgehead atoms. The molecule has 2 amide bonds. The third-order valence-electron chi connectivity index (χ3n) is 4.92. The summed E-state index contributed by atoms with van der Waals surface area (Å²) in [5.74, 6) is -1.39. The maximum Gasteiger partial charge on any atom is 0.228 e. The molecule has 0 radical (unpaired) electrons. The number of piperazine rings is 1. The molecule has 7 heteroatoms. The van der Waals surface area contributed by atoms with Crippen LogP contribution in [0.4, 0.5) is 10.1 Å². The Kier molecular flexibility index (Phi) is 5.65. The van der Waals surface area contributed by atoms with Crippen molar-refractivity contribution in [1.29, 1.82) is 0 Å². The van der Waals surface area contributed by atoms with Gasteiger partial charge in [-0.25, -0.2) is 4.39 Å². The highest BCUT2D eigenvalue weighted by Crippen LogP contribution is 2.32. The lowest BCUT2D eigenvalue weighted by Crippen LogP contribution is -2.45. The molecular weight excluding hydrogens is 323 g/mol. The molecule has 0 unspecified atom stereocenters. The summed E-state index contributed by atoms with van der Waals surface area (Å²) in [4.78, 5) is 29.0. The van der Waals surface area contributed by atoms with Crippen LogP contribution in [-0.4, -0.2) is 67.9 Å². The predicted molar refractivity (Wildman–Crippen MR) is 94.0 cm³/mol. The molecule has 0 spiro atoms. The van der Waals surface area contributed by atoms with Gasteiger partial charge in [-0.15, -0.1) is 0 Å². The molecule has 1 aromatic carbocycles. The van der Waals surface area contributed by atoms with Crippen LogP contribution in [0.5, 0.6) is 0 Å². The van der Waals surface area contributed by atoms with E-state index in [1.54, 1.807) is 6.07 Å². The molecule has 0 saturated carbocycles. The minimum atomic E-state index is -0.548. The van der Waals surface area contributed by atoms with Crippen molar-refractivity contribution in [3.05, 3.63) is 29.6 Å². The van der Waals surface area contributed by atoms with Gasteiger partial charge in [0.05, 0.1) is 5.92 Å². The van der Waals surface area contributed by atoms with Gasteiger partial charge in [0.25, 0.3) is 0 Å². The number of likely N-dealkylation sites (N-methyl/N-ethyl adjacent to an activating group) is 1. The first-order valence-corrected chi connectivity index (χ1v) is 8.81. The summed E-state index contributed by atoms with van der Waals surface area (Å²) in [5, 5.41) is 5.56. The van der Waals surface area contributed by atoms with Crippen LogP contribution >= 0.6 is 0 Å². The van der Waals surface area contributed by atoms with Crippen molar-refractivity contribution in [2.24, 2.45) is 0 Å². The Labute approximate surface area is 147 Å². The molecule has 1 atom stereocenters. The smallest absolute Gasteiger partial charge is 0.228 e. The molecule has 1 aromatic rings. The second kappa shape index (κ2) is 7.93. The minimum absolute atomic E-state index is 0.100. The Balaban J connectivity index is 1.49. The molecule has 2 heterocycles. The third-order valence-corrected chi connectivity index (χ3v) is 4.92. The second-order valence-electron chi connectivity index (χ2n) is 6.83. The summed E-state index contributed by atoms with van der Waals surface area (Å²) in [6, 6.07) is 4.17. The Morgan fingerprint density at radius 2 is 2.08 bits per heavy atom. The number of nitrogens with zero attached hydrogens (tertiary/aromatic N) is 2. The molecule has 0 aliphatic carbocycles. The maximum atomic E-state index is 13.3. The topological polar surface area (TPSA) is 64.7 Å². The number of halogens is 1. The van der Waals surface area contributed by atoms with Crippen LogP contribution in [0.2, 0.25) is 0 Å². The van der Waals surface area contributed by atoms with Gasteiger partial charge in [-0.1, -0.05) is 6.07 Å². The lowest BCUT2D eigenvalue weighted by Gasteiger charge is -2.32. The molecule has 0 aromatic heterocycles. The Hall–Kier alpha value is -1.99.